The Kier molecular flexibility index (Phi) is 6.95. The molecule has 2 aromatic carbocycles. The molecule has 0 spiro atoms. The number of amides is 1. The number of hydrogen-bond donors (Lipinski definition) is 0. The molecule has 0 N–H and O–H groups in total. The normalized spacial score (nSPS) is 11.4. The van der Waals surface area contributed by atoms with Gasteiger partial charge < -0.3 is 14.4 Å². The summed E-state index contributed by atoms with van der Waals surface area (Å²) in [6.07, 6.45) is -0.880. The minimum atomic E-state index is -0.880. The van der Waals surface area contributed by atoms with Crippen molar-refractivity contribution in [2.45, 2.75) is 32.9 Å². The van der Waals surface area contributed by atoms with Gasteiger partial charge in [0.15, 0.2) is 12.7 Å². The summed E-state index contributed by atoms with van der Waals surface area (Å²) in [5.41, 5.74) is 1.24. The van der Waals surface area contributed by atoms with Crippen LogP contribution in [0.25, 0.3) is 0 Å². The van der Waals surface area contributed by atoms with Crippen LogP contribution in [0, 0.1) is 11.3 Å². The van der Waals surface area contributed by atoms with Crippen LogP contribution in [-0.2, 0) is 14.3 Å². The zero-order chi connectivity index (χ0) is 19.8. The van der Waals surface area contributed by atoms with Gasteiger partial charge in [-0.2, -0.15) is 5.26 Å². The van der Waals surface area contributed by atoms with Gasteiger partial charge >= 0.3 is 5.97 Å². The lowest BCUT2D eigenvalue weighted by Gasteiger charge is -2.26. The predicted octanol–water partition coefficient (Wildman–Crippen LogP) is 3.31. The molecule has 2 aromatic rings. The van der Waals surface area contributed by atoms with Crippen molar-refractivity contribution in [3.63, 3.8) is 0 Å². The first-order valence-corrected chi connectivity index (χ1v) is 8.63. The average molecular weight is 366 g/mol. The van der Waals surface area contributed by atoms with Crippen LogP contribution < -0.4 is 9.64 Å². The Morgan fingerprint density at radius 3 is 2.22 bits per heavy atom. The molecular weight excluding hydrogens is 344 g/mol. The number of carbonyl (C=O) groups is 2. The van der Waals surface area contributed by atoms with Gasteiger partial charge in [0.1, 0.15) is 5.75 Å². The van der Waals surface area contributed by atoms with Crippen LogP contribution in [0.15, 0.2) is 54.6 Å². The zero-order valence-electron chi connectivity index (χ0n) is 15.6. The van der Waals surface area contributed by atoms with Gasteiger partial charge in [-0.1, -0.05) is 18.2 Å². The number of rotatable bonds is 7. The highest BCUT2D eigenvalue weighted by Crippen LogP contribution is 2.17. The highest BCUT2D eigenvalue weighted by atomic mass is 16.6. The quantitative estimate of drug-likeness (QED) is 0.703. The maximum Gasteiger partial charge on any atom is 0.347 e. The van der Waals surface area contributed by atoms with E-state index in [2.05, 4.69) is 0 Å². The molecule has 0 saturated carbocycles. The van der Waals surface area contributed by atoms with Crippen LogP contribution in [0.3, 0.4) is 0 Å². The number of ether oxygens (including phenoxy) is 2. The standard InChI is InChI=1S/C21H22N2O4/c1-15(2)23(18-7-5-4-6-8-18)20(24)14-26-21(25)16(3)27-19-11-9-17(13-22)10-12-19/h4-12,15-16H,14H2,1-3H3/t16-/m1/s1. The van der Waals surface area contributed by atoms with Crippen molar-refractivity contribution in [1.82, 2.24) is 0 Å². The molecule has 1 amide bonds. The number of esters is 1. The van der Waals surface area contributed by atoms with E-state index in [4.69, 9.17) is 14.7 Å². The highest BCUT2D eigenvalue weighted by molar-refractivity contribution is 5.95. The van der Waals surface area contributed by atoms with Gasteiger partial charge in [-0.05, 0) is 57.2 Å². The molecule has 0 bridgehead atoms. The summed E-state index contributed by atoms with van der Waals surface area (Å²) in [5.74, 6) is -0.502. The van der Waals surface area contributed by atoms with Crippen molar-refractivity contribution < 1.29 is 19.1 Å². The molecule has 0 fully saturated rings. The summed E-state index contributed by atoms with van der Waals surface area (Å²) in [6.45, 7) is 4.96. The molecule has 1 atom stereocenters. The third-order valence-corrected chi connectivity index (χ3v) is 3.79. The fourth-order valence-electron chi connectivity index (χ4n) is 2.50. The molecule has 0 aromatic heterocycles. The number of hydrogen-bond acceptors (Lipinski definition) is 5. The molecule has 0 radical (unpaired) electrons. The second-order valence-corrected chi connectivity index (χ2v) is 6.20. The van der Waals surface area contributed by atoms with Crippen LogP contribution in [0.5, 0.6) is 5.75 Å². The minimum Gasteiger partial charge on any atom is -0.479 e. The molecule has 0 heterocycles. The van der Waals surface area contributed by atoms with Gasteiger partial charge in [0.2, 0.25) is 0 Å². The van der Waals surface area contributed by atoms with Crippen molar-refractivity contribution in [1.29, 1.82) is 5.26 Å². The van der Waals surface area contributed by atoms with Crippen LogP contribution in [0.1, 0.15) is 26.3 Å². The maximum atomic E-state index is 12.5. The van der Waals surface area contributed by atoms with E-state index in [0.29, 0.717) is 11.3 Å². The molecule has 6 heteroatoms. The summed E-state index contributed by atoms with van der Waals surface area (Å²) >= 11 is 0. The van der Waals surface area contributed by atoms with Gasteiger partial charge in [0.05, 0.1) is 11.6 Å². The molecule has 0 aliphatic rings. The molecule has 27 heavy (non-hydrogen) atoms. The number of nitriles is 1. The van der Waals surface area contributed by atoms with Crippen LogP contribution in [0.2, 0.25) is 0 Å². The second kappa shape index (κ2) is 9.39. The highest BCUT2D eigenvalue weighted by Gasteiger charge is 2.23. The van der Waals surface area contributed by atoms with E-state index in [0.717, 1.165) is 5.69 Å². The Hall–Kier alpha value is -3.33. The lowest BCUT2D eigenvalue weighted by Crippen LogP contribution is -2.40. The predicted molar refractivity (Wildman–Crippen MR) is 101 cm³/mol. The smallest absolute Gasteiger partial charge is 0.347 e. The first-order valence-electron chi connectivity index (χ1n) is 8.63. The molecule has 0 aliphatic heterocycles. The molecule has 0 saturated heterocycles. The molecule has 0 unspecified atom stereocenters. The van der Waals surface area contributed by atoms with Gasteiger partial charge in [-0.3, -0.25) is 4.79 Å². The molecule has 0 aliphatic carbocycles. The van der Waals surface area contributed by atoms with Crippen LogP contribution >= 0.6 is 0 Å². The largest absolute Gasteiger partial charge is 0.479 e. The lowest BCUT2D eigenvalue weighted by molar-refractivity contribution is -0.154. The van der Waals surface area contributed by atoms with E-state index in [1.54, 1.807) is 36.1 Å². The number of benzene rings is 2. The SMILES string of the molecule is CC(C)N(C(=O)COC(=O)[C@@H](C)Oc1ccc(C#N)cc1)c1ccccc1. The Morgan fingerprint density at radius 2 is 1.67 bits per heavy atom. The van der Waals surface area contributed by atoms with Crippen molar-refractivity contribution in [3.05, 3.63) is 60.2 Å². The Labute approximate surface area is 158 Å². The Balaban J connectivity index is 1.92. The molecule has 6 nitrogen and oxygen atoms in total. The fourth-order valence-corrected chi connectivity index (χ4v) is 2.50. The van der Waals surface area contributed by atoms with Crippen molar-refractivity contribution in [3.8, 4) is 11.8 Å². The first-order chi connectivity index (χ1) is 12.9. The molecular formula is C21H22N2O4. The number of para-hydroxylation sites is 1. The van der Waals surface area contributed by atoms with E-state index in [-0.39, 0.29) is 18.6 Å². The summed E-state index contributed by atoms with van der Waals surface area (Å²) in [7, 11) is 0. The van der Waals surface area contributed by atoms with Crippen molar-refractivity contribution in [2.75, 3.05) is 11.5 Å². The topological polar surface area (TPSA) is 79.6 Å². The summed E-state index contributed by atoms with van der Waals surface area (Å²) in [6, 6.07) is 17.5. The first kappa shape index (κ1) is 20.0. The number of nitrogens with zero attached hydrogens (tertiary/aromatic N) is 2. The van der Waals surface area contributed by atoms with Gasteiger partial charge in [0.25, 0.3) is 5.91 Å². The average Bonchev–Trinajstić information content (AvgIpc) is 2.67. The Bertz CT molecular complexity index is 810. The third-order valence-electron chi connectivity index (χ3n) is 3.79. The molecule has 140 valence electrons. The minimum absolute atomic E-state index is 0.0778. The van der Waals surface area contributed by atoms with Gasteiger partial charge in [-0.25, -0.2) is 4.79 Å². The van der Waals surface area contributed by atoms with E-state index in [1.807, 2.05) is 50.2 Å². The fraction of sp³-hybridized carbons (Fsp3) is 0.286. The third kappa shape index (κ3) is 5.58. The summed E-state index contributed by atoms with van der Waals surface area (Å²) in [5, 5.41) is 8.79. The molecule has 2 rings (SSSR count). The van der Waals surface area contributed by atoms with E-state index in [9.17, 15) is 9.59 Å². The van der Waals surface area contributed by atoms with Crippen LogP contribution in [0.4, 0.5) is 5.69 Å². The zero-order valence-corrected chi connectivity index (χ0v) is 15.6. The van der Waals surface area contributed by atoms with Crippen LogP contribution in [-0.4, -0.2) is 30.6 Å². The lowest BCUT2D eigenvalue weighted by atomic mass is 10.2. The van der Waals surface area contributed by atoms with Gasteiger partial charge in [-0.15, -0.1) is 0 Å². The monoisotopic (exact) mass is 366 g/mol. The second-order valence-electron chi connectivity index (χ2n) is 6.20. The Morgan fingerprint density at radius 1 is 1.04 bits per heavy atom. The number of anilines is 1. The van der Waals surface area contributed by atoms with E-state index in [1.165, 1.54) is 0 Å². The van der Waals surface area contributed by atoms with Crippen molar-refractivity contribution >= 4 is 17.6 Å². The maximum absolute atomic E-state index is 12.5. The van der Waals surface area contributed by atoms with E-state index >= 15 is 0 Å². The number of carbonyl (C=O) groups excluding carboxylic acids is 2. The summed E-state index contributed by atoms with van der Waals surface area (Å²) in [4.78, 5) is 26.2. The summed E-state index contributed by atoms with van der Waals surface area (Å²) < 4.78 is 10.6. The van der Waals surface area contributed by atoms with Gasteiger partial charge in [0, 0.05) is 11.7 Å². The van der Waals surface area contributed by atoms with E-state index < -0.39 is 12.1 Å². The van der Waals surface area contributed by atoms with Crippen molar-refractivity contribution in [2.24, 2.45) is 0 Å².